The van der Waals surface area contributed by atoms with E-state index < -0.39 is 17.9 Å². The number of rotatable bonds is 5. The highest BCUT2D eigenvalue weighted by atomic mass is 33.1. The van der Waals surface area contributed by atoms with Crippen molar-refractivity contribution in [1.82, 2.24) is 5.32 Å². The second-order valence-corrected chi connectivity index (χ2v) is 7.73. The molecule has 0 radical (unpaired) electrons. The summed E-state index contributed by atoms with van der Waals surface area (Å²) in [5.74, 6) is 0.0426. The molecule has 1 unspecified atom stereocenters. The van der Waals surface area contributed by atoms with Crippen molar-refractivity contribution in [3.8, 4) is 0 Å². The number of carboxylic acid groups (broad SMARTS) is 1. The van der Waals surface area contributed by atoms with Gasteiger partial charge in [0.2, 0.25) is 5.91 Å². The van der Waals surface area contributed by atoms with E-state index in [1.165, 1.54) is 6.92 Å². The van der Waals surface area contributed by atoms with Crippen molar-refractivity contribution < 1.29 is 19.5 Å². The van der Waals surface area contributed by atoms with Crippen LogP contribution in [0.2, 0.25) is 0 Å². The summed E-state index contributed by atoms with van der Waals surface area (Å²) in [5.41, 5.74) is -0.390. The van der Waals surface area contributed by atoms with Gasteiger partial charge in [0.25, 0.3) is 0 Å². The Morgan fingerprint density at radius 2 is 1.94 bits per heavy atom. The third-order valence-corrected chi connectivity index (χ3v) is 6.53. The van der Waals surface area contributed by atoms with Gasteiger partial charge in [0.05, 0.1) is 5.41 Å². The first-order valence-electron chi connectivity index (χ1n) is 5.27. The Morgan fingerprint density at radius 3 is 2.39 bits per heavy atom. The van der Waals surface area contributed by atoms with Crippen LogP contribution < -0.4 is 5.32 Å². The van der Waals surface area contributed by atoms with Crippen molar-refractivity contribution in [2.24, 2.45) is 5.41 Å². The zero-order valence-electron chi connectivity index (χ0n) is 10.1. The number of hydrogen-bond acceptors (Lipinski definition) is 6. The smallest absolute Gasteiger partial charge is 0.327 e. The van der Waals surface area contributed by atoms with Gasteiger partial charge in [-0.2, -0.15) is 0 Å². The Labute approximate surface area is 118 Å². The third kappa shape index (κ3) is 4.40. The zero-order valence-corrected chi connectivity index (χ0v) is 12.5. The van der Waals surface area contributed by atoms with Gasteiger partial charge < -0.3 is 10.4 Å². The van der Waals surface area contributed by atoms with Gasteiger partial charge in [-0.3, -0.25) is 9.59 Å². The second-order valence-electron chi connectivity index (χ2n) is 4.27. The molecular weight excluding hydrogens is 294 g/mol. The molecule has 0 aromatic heterocycles. The van der Waals surface area contributed by atoms with Crippen LogP contribution in [0.3, 0.4) is 0 Å². The molecule has 1 heterocycles. The number of aliphatic carboxylic acids is 1. The maximum absolute atomic E-state index is 12.0. The SMILES string of the molecule is CC(=O)NC(CSC(=O)C1(C)CSSC1)C(=O)O. The molecule has 5 nitrogen and oxygen atoms in total. The summed E-state index contributed by atoms with van der Waals surface area (Å²) < 4.78 is 0. The predicted octanol–water partition coefficient (Wildman–Crippen LogP) is 1.24. The van der Waals surface area contributed by atoms with Crippen molar-refractivity contribution in [1.29, 1.82) is 0 Å². The van der Waals surface area contributed by atoms with Crippen LogP contribution in [0.15, 0.2) is 0 Å². The summed E-state index contributed by atoms with van der Waals surface area (Å²) in [6.45, 7) is 3.15. The van der Waals surface area contributed by atoms with Gasteiger partial charge in [-0.15, -0.1) is 0 Å². The highest BCUT2D eigenvalue weighted by Gasteiger charge is 2.38. The highest BCUT2D eigenvalue weighted by molar-refractivity contribution is 8.77. The number of hydrogen-bond donors (Lipinski definition) is 2. The Balaban J connectivity index is 2.49. The van der Waals surface area contributed by atoms with E-state index in [1.54, 1.807) is 21.6 Å². The molecule has 1 rings (SSSR count). The Bertz CT molecular complexity index is 355. The summed E-state index contributed by atoms with van der Waals surface area (Å²) in [7, 11) is 3.31. The molecule has 1 saturated heterocycles. The average molecular weight is 309 g/mol. The van der Waals surface area contributed by atoms with Crippen LogP contribution >= 0.6 is 33.3 Å². The monoisotopic (exact) mass is 309 g/mol. The fourth-order valence-electron chi connectivity index (χ4n) is 1.26. The standard InChI is InChI=1S/C10H15NO4S3/c1-6(12)11-7(8(13)14)3-16-9(15)10(2)4-17-18-5-10/h7H,3-5H2,1-2H3,(H,11,12)(H,13,14). The van der Waals surface area contributed by atoms with Crippen LogP contribution in [0.25, 0.3) is 0 Å². The number of nitrogens with one attached hydrogen (secondary N) is 1. The van der Waals surface area contributed by atoms with Crippen LogP contribution in [-0.2, 0) is 14.4 Å². The van der Waals surface area contributed by atoms with Crippen LogP contribution in [0.5, 0.6) is 0 Å². The van der Waals surface area contributed by atoms with E-state index in [4.69, 9.17) is 5.11 Å². The summed E-state index contributed by atoms with van der Waals surface area (Å²) in [6, 6.07) is -1.01. The van der Waals surface area contributed by atoms with Crippen molar-refractivity contribution >= 4 is 50.3 Å². The van der Waals surface area contributed by atoms with Gasteiger partial charge >= 0.3 is 5.97 Å². The minimum absolute atomic E-state index is 0.00315. The van der Waals surface area contributed by atoms with Crippen molar-refractivity contribution in [3.05, 3.63) is 0 Å². The van der Waals surface area contributed by atoms with E-state index in [1.807, 2.05) is 6.92 Å². The number of carboxylic acids is 1. The largest absolute Gasteiger partial charge is 0.480 e. The van der Waals surface area contributed by atoms with E-state index in [-0.39, 0.29) is 16.3 Å². The molecule has 2 N–H and O–H groups in total. The van der Waals surface area contributed by atoms with Gasteiger partial charge in [-0.1, -0.05) is 40.3 Å². The van der Waals surface area contributed by atoms with Crippen molar-refractivity contribution in [2.45, 2.75) is 19.9 Å². The van der Waals surface area contributed by atoms with E-state index in [2.05, 4.69) is 5.32 Å². The Morgan fingerprint density at radius 1 is 1.39 bits per heavy atom. The quantitative estimate of drug-likeness (QED) is 0.739. The van der Waals surface area contributed by atoms with Gasteiger partial charge in [0.1, 0.15) is 6.04 Å². The lowest BCUT2D eigenvalue weighted by molar-refractivity contribution is -0.140. The number of carbonyl (C=O) groups excluding carboxylic acids is 2. The molecule has 0 aliphatic carbocycles. The van der Waals surface area contributed by atoms with Crippen LogP contribution in [0.1, 0.15) is 13.8 Å². The molecule has 1 fully saturated rings. The maximum atomic E-state index is 12.0. The van der Waals surface area contributed by atoms with Crippen LogP contribution in [0, 0.1) is 5.41 Å². The minimum atomic E-state index is -1.12. The summed E-state index contributed by atoms with van der Waals surface area (Å²) in [5, 5.41) is 11.2. The maximum Gasteiger partial charge on any atom is 0.327 e. The molecule has 0 aromatic rings. The van der Waals surface area contributed by atoms with Gasteiger partial charge in [-0.25, -0.2) is 4.79 Å². The van der Waals surface area contributed by atoms with Gasteiger partial charge in [0, 0.05) is 24.2 Å². The molecule has 102 valence electrons. The van der Waals surface area contributed by atoms with Crippen molar-refractivity contribution in [3.63, 3.8) is 0 Å². The molecule has 0 bridgehead atoms. The van der Waals surface area contributed by atoms with Gasteiger partial charge in [-0.05, 0) is 0 Å². The minimum Gasteiger partial charge on any atom is -0.480 e. The molecule has 1 aliphatic rings. The highest BCUT2D eigenvalue weighted by Crippen LogP contribution is 2.45. The molecule has 1 atom stereocenters. The lowest BCUT2D eigenvalue weighted by atomic mass is 9.98. The first-order chi connectivity index (χ1) is 8.35. The van der Waals surface area contributed by atoms with E-state index in [0.29, 0.717) is 0 Å². The first kappa shape index (κ1) is 15.7. The van der Waals surface area contributed by atoms with E-state index in [0.717, 1.165) is 23.3 Å². The van der Waals surface area contributed by atoms with E-state index >= 15 is 0 Å². The molecular formula is C10H15NO4S3. The lowest BCUT2D eigenvalue weighted by Gasteiger charge is -2.20. The average Bonchev–Trinajstić information content (AvgIpc) is 2.71. The molecule has 0 spiro atoms. The fourth-order valence-corrected chi connectivity index (χ4v) is 5.82. The molecule has 0 saturated carbocycles. The molecule has 1 amide bonds. The number of carbonyl (C=O) groups is 3. The normalized spacial score (nSPS) is 19.2. The Hall–Kier alpha value is -0.340. The van der Waals surface area contributed by atoms with Crippen LogP contribution in [-0.4, -0.2) is 45.4 Å². The number of amides is 1. The summed E-state index contributed by atoms with van der Waals surface area (Å²) in [4.78, 5) is 33.8. The zero-order chi connectivity index (χ0) is 13.8. The van der Waals surface area contributed by atoms with Gasteiger partial charge in [0.15, 0.2) is 5.12 Å². The number of thioether (sulfide) groups is 1. The predicted molar refractivity (Wildman–Crippen MR) is 75.7 cm³/mol. The first-order valence-corrected chi connectivity index (χ1v) is 8.74. The summed E-state index contributed by atoms with van der Waals surface area (Å²) in [6.07, 6.45) is 0. The van der Waals surface area contributed by atoms with E-state index in [9.17, 15) is 14.4 Å². The molecule has 18 heavy (non-hydrogen) atoms. The third-order valence-electron chi connectivity index (χ3n) is 2.39. The Kier molecular flexibility index (Phi) is 5.87. The van der Waals surface area contributed by atoms with Crippen molar-refractivity contribution in [2.75, 3.05) is 17.3 Å². The lowest BCUT2D eigenvalue weighted by Crippen LogP contribution is -2.42. The topological polar surface area (TPSA) is 83.5 Å². The molecule has 0 aromatic carbocycles. The molecule has 8 heteroatoms. The summed E-state index contributed by atoms with van der Waals surface area (Å²) >= 11 is 0.990. The molecule has 1 aliphatic heterocycles. The van der Waals surface area contributed by atoms with Crippen LogP contribution in [0.4, 0.5) is 0 Å². The fraction of sp³-hybridized carbons (Fsp3) is 0.700. The second kappa shape index (κ2) is 6.72.